The Balaban J connectivity index is 3.34. The Kier molecular flexibility index (Phi) is 3.78. The molecule has 0 bridgehead atoms. The number of rotatable bonds is 4. The quantitative estimate of drug-likeness (QED) is 0.649. The van der Waals surface area contributed by atoms with Gasteiger partial charge in [0.1, 0.15) is 0 Å². The molecule has 0 aliphatic carbocycles. The lowest BCUT2D eigenvalue weighted by molar-refractivity contribution is 0.0651. The van der Waals surface area contributed by atoms with Crippen molar-refractivity contribution in [2.24, 2.45) is 0 Å². The van der Waals surface area contributed by atoms with E-state index in [0.29, 0.717) is 0 Å². The van der Waals surface area contributed by atoms with Crippen LogP contribution in [0.25, 0.3) is 0 Å². The molecule has 0 unspecified atom stereocenters. The highest BCUT2D eigenvalue weighted by Crippen LogP contribution is 2.13. The number of carboxylic acid groups (broad SMARTS) is 2. The summed E-state index contributed by atoms with van der Waals surface area (Å²) in [4.78, 5) is 32.8. The molecule has 1 aromatic carbocycles. The first-order chi connectivity index (χ1) is 7.47. The van der Waals surface area contributed by atoms with E-state index in [4.69, 9.17) is 10.2 Å². The van der Waals surface area contributed by atoms with Gasteiger partial charge in [0.05, 0.1) is 16.5 Å². The van der Waals surface area contributed by atoms with Gasteiger partial charge >= 0.3 is 11.9 Å². The van der Waals surface area contributed by atoms with E-state index >= 15 is 0 Å². The highest BCUT2D eigenvalue weighted by molar-refractivity contribution is 9.09. The van der Waals surface area contributed by atoms with Crippen LogP contribution in [-0.2, 0) is 0 Å². The van der Waals surface area contributed by atoms with Gasteiger partial charge in [-0.1, -0.05) is 22.0 Å². The molecule has 1 aromatic rings. The monoisotopic (exact) mass is 286 g/mol. The van der Waals surface area contributed by atoms with Gasteiger partial charge in [0.15, 0.2) is 5.78 Å². The Morgan fingerprint density at radius 1 is 1.06 bits per heavy atom. The minimum absolute atomic E-state index is 0.0540. The van der Waals surface area contributed by atoms with Crippen LogP contribution in [0.3, 0.4) is 0 Å². The van der Waals surface area contributed by atoms with Crippen molar-refractivity contribution < 1.29 is 24.6 Å². The van der Waals surface area contributed by atoms with E-state index < -0.39 is 11.9 Å². The highest BCUT2D eigenvalue weighted by Gasteiger charge is 2.17. The van der Waals surface area contributed by atoms with Crippen molar-refractivity contribution in [2.75, 3.05) is 5.33 Å². The maximum atomic E-state index is 11.3. The molecule has 16 heavy (non-hydrogen) atoms. The van der Waals surface area contributed by atoms with Crippen LogP contribution in [-0.4, -0.2) is 33.3 Å². The normalized spacial score (nSPS) is 9.81. The average molecular weight is 287 g/mol. The highest BCUT2D eigenvalue weighted by atomic mass is 79.9. The first kappa shape index (κ1) is 12.4. The molecule has 6 heteroatoms. The van der Waals surface area contributed by atoms with Crippen molar-refractivity contribution in [3.63, 3.8) is 0 Å². The second-order valence-electron chi connectivity index (χ2n) is 2.93. The second kappa shape index (κ2) is 4.89. The number of carboxylic acids is 2. The molecule has 0 fully saturated rings. The number of carbonyl (C=O) groups is 3. The topological polar surface area (TPSA) is 91.7 Å². The van der Waals surface area contributed by atoms with E-state index in [0.717, 1.165) is 12.1 Å². The molecule has 0 amide bonds. The Morgan fingerprint density at radius 2 is 1.62 bits per heavy atom. The minimum Gasteiger partial charge on any atom is -0.478 e. The fourth-order valence-electron chi connectivity index (χ4n) is 1.16. The summed E-state index contributed by atoms with van der Waals surface area (Å²) < 4.78 is 0. The zero-order valence-electron chi connectivity index (χ0n) is 7.94. The van der Waals surface area contributed by atoms with Crippen LogP contribution in [0.15, 0.2) is 18.2 Å². The standard InChI is InChI=1S/C10H7BrO5/c11-4-8(12)5-1-2-6(9(13)14)7(3-5)10(15)16/h1-3H,4H2,(H,13,14)(H,15,16). The number of alkyl halides is 1. The molecular formula is C10H7BrO5. The minimum atomic E-state index is -1.37. The molecule has 0 saturated carbocycles. The van der Waals surface area contributed by atoms with E-state index in [9.17, 15) is 14.4 Å². The molecule has 0 aliphatic heterocycles. The average Bonchev–Trinajstić information content (AvgIpc) is 2.26. The van der Waals surface area contributed by atoms with Crippen LogP contribution in [0.4, 0.5) is 0 Å². The third-order valence-electron chi connectivity index (χ3n) is 1.92. The summed E-state index contributed by atoms with van der Waals surface area (Å²) in [6.45, 7) is 0. The number of ketones is 1. The number of aromatic carboxylic acids is 2. The SMILES string of the molecule is O=C(CBr)c1ccc(C(=O)O)c(C(=O)O)c1. The van der Waals surface area contributed by atoms with Crippen molar-refractivity contribution in [3.05, 3.63) is 34.9 Å². The second-order valence-corrected chi connectivity index (χ2v) is 3.49. The first-order valence-electron chi connectivity index (χ1n) is 4.17. The predicted octanol–water partition coefficient (Wildman–Crippen LogP) is 1.66. The fourth-order valence-corrected chi connectivity index (χ4v) is 1.48. The first-order valence-corrected chi connectivity index (χ1v) is 5.29. The molecule has 0 radical (unpaired) electrons. The molecule has 0 atom stereocenters. The number of Topliss-reactive ketones (excluding diaryl/α,β-unsaturated/α-hetero) is 1. The van der Waals surface area contributed by atoms with Crippen LogP contribution in [0, 0.1) is 0 Å². The molecule has 5 nitrogen and oxygen atoms in total. The Labute approximate surface area is 98.8 Å². The Morgan fingerprint density at radius 3 is 2.06 bits per heavy atom. The summed E-state index contributed by atoms with van der Waals surface area (Å²) in [5.74, 6) is -3.02. The molecule has 0 aromatic heterocycles. The number of hydrogen-bond donors (Lipinski definition) is 2. The van der Waals surface area contributed by atoms with Gasteiger partial charge in [0, 0.05) is 5.56 Å². The number of hydrogen-bond acceptors (Lipinski definition) is 3. The van der Waals surface area contributed by atoms with E-state index in [1.807, 2.05) is 0 Å². The van der Waals surface area contributed by atoms with Gasteiger partial charge in [-0.15, -0.1) is 0 Å². The predicted molar refractivity (Wildman–Crippen MR) is 58.5 cm³/mol. The van der Waals surface area contributed by atoms with Crippen LogP contribution in [0.1, 0.15) is 31.1 Å². The van der Waals surface area contributed by atoms with Crippen LogP contribution < -0.4 is 0 Å². The molecular weight excluding hydrogens is 280 g/mol. The van der Waals surface area contributed by atoms with E-state index in [1.165, 1.54) is 6.07 Å². The maximum absolute atomic E-state index is 11.3. The van der Waals surface area contributed by atoms with Crippen molar-refractivity contribution in [3.8, 4) is 0 Å². The van der Waals surface area contributed by atoms with E-state index in [2.05, 4.69) is 15.9 Å². The molecule has 0 heterocycles. The number of benzene rings is 1. The van der Waals surface area contributed by atoms with Gasteiger partial charge in [-0.3, -0.25) is 4.79 Å². The van der Waals surface area contributed by atoms with Gasteiger partial charge in [0.2, 0.25) is 0 Å². The molecule has 2 N–H and O–H groups in total. The lowest BCUT2D eigenvalue weighted by Crippen LogP contribution is -2.10. The molecule has 0 aliphatic rings. The smallest absolute Gasteiger partial charge is 0.336 e. The van der Waals surface area contributed by atoms with Crippen molar-refractivity contribution in [1.29, 1.82) is 0 Å². The van der Waals surface area contributed by atoms with Gasteiger partial charge in [0.25, 0.3) is 0 Å². The van der Waals surface area contributed by atoms with Gasteiger partial charge < -0.3 is 10.2 Å². The fraction of sp³-hybridized carbons (Fsp3) is 0.100. The Hall–Kier alpha value is -1.69. The summed E-state index contributed by atoms with van der Waals surface area (Å²) in [6.07, 6.45) is 0. The molecule has 0 saturated heterocycles. The zero-order valence-corrected chi connectivity index (χ0v) is 9.52. The zero-order chi connectivity index (χ0) is 12.3. The van der Waals surface area contributed by atoms with Crippen LogP contribution in [0.2, 0.25) is 0 Å². The molecule has 1 rings (SSSR count). The third kappa shape index (κ3) is 2.46. The summed E-state index contributed by atoms with van der Waals surface area (Å²) in [5.41, 5.74) is -0.558. The van der Waals surface area contributed by atoms with Crippen molar-refractivity contribution in [2.45, 2.75) is 0 Å². The lowest BCUT2D eigenvalue weighted by atomic mass is 10.0. The maximum Gasteiger partial charge on any atom is 0.336 e. The van der Waals surface area contributed by atoms with E-state index in [1.54, 1.807) is 0 Å². The van der Waals surface area contributed by atoms with Crippen LogP contribution in [0.5, 0.6) is 0 Å². The summed E-state index contributed by atoms with van der Waals surface area (Å²) in [7, 11) is 0. The largest absolute Gasteiger partial charge is 0.478 e. The van der Waals surface area contributed by atoms with Gasteiger partial charge in [-0.2, -0.15) is 0 Å². The van der Waals surface area contributed by atoms with E-state index in [-0.39, 0.29) is 27.8 Å². The summed E-state index contributed by atoms with van der Waals surface area (Å²) in [5, 5.41) is 17.6. The van der Waals surface area contributed by atoms with Gasteiger partial charge in [-0.25, -0.2) is 9.59 Å². The van der Waals surface area contributed by atoms with Crippen molar-refractivity contribution in [1.82, 2.24) is 0 Å². The van der Waals surface area contributed by atoms with Crippen molar-refractivity contribution >= 4 is 33.7 Å². The Bertz CT molecular complexity index is 466. The number of carbonyl (C=O) groups excluding carboxylic acids is 1. The molecule has 0 spiro atoms. The third-order valence-corrected chi connectivity index (χ3v) is 2.43. The lowest BCUT2D eigenvalue weighted by Gasteiger charge is -2.03. The molecule has 84 valence electrons. The van der Waals surface area contributed by atoms with Gasteiger partial charge in [-0.05, 0) is 12.1 Å². The summed E-state index contributed by atoms with van der Waals surface area (Å²) >= 11 is 2.95. The summed E-state index contributed by atoms with van der Waals surface area (Å²) in [6, 6.07) is 3.47. The van der Waals surface area contributed by atoms with Crippen LogP contribution >= 0.6 is 15.9 Å². The number of halogens is 1.